The van der Waals surface area contributed by atoms with E-state index in [0.29, 0.717) is 12.5 Å². The van der Waals surface area contributed by atoms with Crippen molar-refractivity contribution in [1.29, 1.82) is 0 Å². The van der Waals surface area contributed by atoms with E-state index in [0.717, 1.165) is 13.0 Å². The number of hydrogen-bond donors (Lipinski definition) is 2. The zero-order valence-electron chi connectivity index (χ0n) is 9.25. The second-order valence-corrected chi connectivity index (χ2v) is 3.50. The third kappa shape index (κ3) is 5.94. The second kappa shape index (κ2) is 7.76. The van der Waals surface area contributed by atoms with Crippen molar-refractivity contribution in [3.8, 4) is 0 Å². The smallest absolute Gasteiger partial charge is 0.322 e. The van der Waals surface area contributed by atoms with Gasteiger partial charge in [0.15, 0.2) is 0 Å². The lowest BCUT2D eigenvalue weighted by molar-refractivity contribution is -0.145. The van der Waals surface area contributed by atoms with E-state index in [-0.39, 0.29) is 18.6 Å². The van der Waals surface area contributed by atoms with E-state index in [4.69, 9.17) is 9.84 Å². The molecule has 0 aliphatic carbocycles. The molecule has 14 heavy (non-hydrogen) atoms. The van der Waals surface area contributed by atoms with E-state index in [1.165, 1.54) is 0 Å². The van der Waals surface area contributed by atoms with Crippen molar-refractivity contribution in [3.63, 3.8) is 0 Å². The molecular formula is C10H21NO3. The van der Waals surface area contributed by atoms with Gasteiger partial charge in [0.2, 0.25) is 0 Å². The van der Waals surface area contributed by atoms with Crippen LogP contribution in [0.5, 0.6) is 0 Å². The minimum atomic E-state index is -0.268. The fourth-order valence-corrected chi connectivity index (χ4v) is 1.05. The van der Waals surface area contributed by atoms with Crippen LogP contribution in [-0.2, 0) is 9.53 Å². The molecule has 0 aromatic heterocycles. The Morgan fingerprint density at radius 1 is 1.50 bits per heavy atom. The highest BCUT2D eigenvalue weighted by Gasteiger charge is 2.13. The van der Waals surface area contributed by atoms with Crippen LogP contribution in [0.15, 0.2) is 0 Å². The minimum absolute atomic E-state index is 0.191. The zero-order chi connectivity index (χ0) is 11.0. The monoisotopic (exact) mass is 203 g/mol. The van der Waals surface area contributed by atoms with Crippen molar-refractivity contribution in [3.05, 3.63) is 0 Å². The maximum Gasteiger partial charge on any atom is 0.322 e. The van der Waals surface area contributed by atoms with E-state index in [2.05, 4.69) is 5.32 Å². The molecule has 0 aromatic rings. The van der Waals surface area contributed by atoms with Crippen molar-refractivity contribution in [2.45, 2.75) is 33.2 Å². The van der Waals surface area contributed by atoms with Crippen LogP contribution < -0.4 is 5.32 Å². The Balaban J connectivity index is 3.61. The summed E-state index contributed by atoms with van der Waals surface area (Å²) in [5, 5.41) is 11.7. The van der Waals surface area contributed by atoms with Gasteiger partial charge in [-0.3, -0.25) is 4.79 Å². The van der Waals surface area contributed by atoms with Crippen LogP contribution in [-0.4, -0.2) is 36.9 Å². The van der Waals surface area contributed by atoms with Gasteiger partial charge in [-0.1, -0.05) is 6.92 Å². The fourth-order valence-electron chi connectivity index (χ4n) is 1.05. The lowest BCUT2D eigenvalue weighted by Crippen LogP contribution is -2.38. The van der Waals surface area contributed by atoms with Gasteiger partial charge < -0.3 is 15.2 Å². The molecule has 2 unspecified atom stereocenters. The molecule has 0 radical (unpaired) electrons. The lowest BCUT2D eigenvalue weighted by atomic mass is 10.1. The molecule has 0 saturated heterocycles. The Morgan fingerprint density at radius 2 is 2.14 bits per heavy atom. The molecule has 0 fully saturated rings. The summed E-state index contributed by atoms with van der Waals surface area (Å²) < 4.78 is 4.85. The molecular weight excluding hydrogens is 182 g/mol. The lowest BCUT2D eigenvalue weighted by Gasteiger charge is -2.15. The summed E-state index contributed by atoms with van der Waals surface area (Å²) >= 11 is 0. The minimum Gasteiger partial charge on any atom is -0.465 e. The van der Waals surface area contributed by atoms with E-state index in [1.54, 1.807) is 13.8 Å². The van der Waals surface area contributed by atoms with E-state index in [9.17, 15) is 4.79 Å². The van der Waals surface area contributed by atoms with Crippen molar-refractivity contribution in [1.82, 2.24) is 5.32 Å². The maximum atomic E-state index is 11.2. The van der Waals surface area contributed by atoms with E-state index >= 15 is 0 Å². The van der Waals surface area contributed by atoms with Crippen molar-refractivity contribution >= 4 is 5.97 Å². The van der Waals surface area contributed by atoms with Crippen molar-refractivity contribution < 1.29 is 14.6 Å². The molecule has 0 spiro atoms. The van der Waals surface area contributed by atoms with Gasteiger partial charge in [0.25, 0.3) is 0 Å². The molecule has 0 amide bonds. The number of aliphatic hydroxyl groups is 1. The molecule has 0 aromatic carbocycles. The Hall–Kier alpha value is -0.610. The summed E-state index contributed by atoms with van der Waals surface area (Å²) in [6, 6.07) is -0.268. The first-order chi connectivity index (χ1) is 6.61. The van der Waals surface area contributed by atoms with Crippen LogP contribution in [0.1, 0.15) is 27.2 Å². The van der Waals surface area contributed by atoms with Gasteiger partial charge in [0.1, 0.15) is 6.04 Å². The Labute approximate surface area is 85.6 Å². The van der Waals surface area contributed by atoms with Crippen LogP contribution in [0, 0.1) is 5.92 Å². The summed E-state index contributed by atoms with van der Waals surface area (Å²) in [5.41, 5.74) is 0. The molecule has 2 N–H and O–H groups in total. The fraction of sp³-hybridized carbons (Fsp3) is 0.900. The quantitative estimate of drug-likeness (QED) is 0.593. The number of esters is 1. The highest BCUT2D eigenvalue weighted by atomic mass is 16.5. The largest absolute Gasteiger partial charge is 0.465 e. The van der Waals surface area contributed by atoms with Crippen LogP contribution >= 0.6 is 0 Å². The maximum absolute atomic E-state index is 11.2. The Bertz CT molecular complexity index is 161. The van der Waals surface area contributed by atoms with Gasteiger partial charge in [-0.2, -0.15) is 0 Å². The molecule has 4 nitrogen and oxygen atoms in total. The van der Waals surface area contributed by atoms with Crippen LogP contribution in [0.25, 0.3) is 0 Å². The predicted octanol–water partition coefficient (Wildman–Crippen LogP) is 0.546. The van der Waals surface area contributed by atoms with E-state index < -0.39 is 0 Å². The summed E-state index contributed by atoms with van der Waals surface area (Å²) in [7, 11) is 0. The third-order valence-corrected chi connectivity index (χ3v) is 2.03. The van der Waals surface area contributed by atoms with Gasteiger partial charge in [-0.25, -0.2) is 0 Å². The highest BCUT2D eigenvalue weighted by Crippen LogP contribution is 1.99. The summed E-state index contributed by atoms with van der Waals surface area (Å²) in [6.07, 6.45) is 0.753. The standard InChI is InChI=1S/C10H21NO3/c1-4-14-10(13)9(3)11-7-8(2)5-6-12/h8-9,11-12H,4-7H2,1-3H3. The topological polar surface area (TPSA) is 58.6 Å². The summed E-state index contributed by atoms with van der Waals surface area (Å²) in [5.74, 6) is 0.153. The highest BCUT2D eigenvalue weighted by molar-refractivity contribution is 5.75. The molecule has 4 heteroatoms. The number of carbonyl (C=O) groups excluding carboxylic acids is 1. The van der Waals surface area contributed by atoms with Crippen molar-refractivity contribution in [2.24, 2.45) is 5.92 Å². The first kappa shape index (κ1) is 13.4. The van der Waals surface area contributed by atoms with Gasteiger partial charge in [-0.15, -0.1) is 0 Å². The molecule has 0 rings (SSSR count). The molecule has 2 atom stereocenters. The molecule has 0 bridgehead atoms. The number of aliphatic hydroxyl groups excluding tert-OH is 1. The number of rotatable bonds is 7. The number of ether oxygens (including phenoxy) is 1. The molecule has 84 valence electrons. The van der Waals surface area contributed by atoms with Gasteiger partial charge in [-0.05, 0) is 32.7 Å². The van der Waals surface area contributed by atoms with Crippen LogP contribution in [0.2, 0.25) is 0 Å². The normalized spacial score (nSPS) is 14.9. The summed E-state index contributed by atoms with van der Waals surface area (Å²) in [4.78, 5) is 11.2. The second-order valence-electron chi connectivity index (χ2n) is 3.50. The third-order valence-electron chi connectivity index (χ3n) is 2.03. The Morgan fingerprint density at radius 3 is 2.64 bits per heavy atom. The predicted molar refractivity (Wildman–Crippen MR) is 55.0 cm³/mol. The SMILES string of the molecule is CCOC(=O)C(C)NCC(C)CCO. The molecule has 0 saturated carbocycles. The number of carbonyl (C=O) groups is 1. The molecule has 0 aliphatic heterocycles. The van der Waals surface area contributed by atoms with Crippen molar-refractivity contribution in [2.75, 3.05) is 19.8 Å². The van der Waals surface area contributed by atoms with Gasteiger partial charge in [0, 0.05) is 6.61 Å². The molecule has 0 heterocycles. The molecule has 0 aliphatic rings. The summed E-state index contributed by atoms with van der Waals surface area (Å²) in [6.45, 7) is 6.93. The number of nitrogens with one attached hydrogen (secondary N) is 1. The first-order valence-corrected chi connectivity index (χ1v) is 5.12. The average Bonchev–Trinajstić information content (AvgIpc) is 2.15. The van der Waals surface area contributed by atoms with E-state index in [1.807, 2.05) is 6.92 Å². The van der Waals surface area contributed by atoms with Gasteiger partial charge >= 0.3 is 5.97 Å². The van der Waals surface area contributed by atoms with Gasteiger partial charge in [0.05, 0.1) is 6.61 Å². The average molecular weight is 203 g/mol. The van der Waals surface area contributed by atoms with Crippen LogP contribution in [0.4, 0.5) is 0 Å². The zero-order valence-corrected chi connectivity index (χ0v) is 9.25. The number of hydrogen-bond acceptors (Lipinski definition) is 4. The first-order valence-electron chi connectivity index (χ1n) is 5.12. The Kier molecular flexibility index (Phi) is 7.42. The van der Waals surface area contributed by atoms with Crippen LogP contribution in [0.3, 0.4) is 0 Å².